The first kappa shape index (κ1) is 18.3. The highest BCUT2D eigenvalue weighted by molar-refractivity contribution is 5.80. The van der Waals surface area contributed by atoms with E-state index in [1.165, 1.54) is 0 Å². The third kappa shape index (κ3) is 5.53. The Bertz CT molecular complexity index is 570. The molecule has 0 saturated carbocycles. The summed E-state index contributed by atoms with van der Waals surface area (Å²) >= 11 is 0. The molecule has 0 aromatic heterocycles. The molecule has 6 heteroatoms. The highest BCUT2D eigenvalue weighted by Crippen LogP contribution is 2.24. The lowest BCUT2D eigenvalue weighted by Gasteiger charge is -2.13. The van der Waals surface area contributed by atoms with E-state index >= 15 is 0 Å². The largest absolute Gasteiger partial charge is 0.481 e. The maximum atomic E-state index is 11.7. The van der Waals surface area contributed by atoms with E-state index in [0.29, 0.717) is 12.3 Å². The van der Waals surface area contributed by atoms with Crippen LogP contribution in [0.1, 0.15) is 29.5 Å². The van der Waals surface area contributed by atoms with Crippen LogP contribution in [0, 0.1) is 20.8 Å². The Labute approximate surface area is 142 Å². The fourth-order valence-electron chi connectivity index (χ4n) is 2.80. The van der Waals surface area contributed by atoms with E-state index in [2.05, 4.69) is 5.32 Å². The second kappa shape index (κ2) is 8.68. The molecule has 2 rings (SSSR count). The fraction of sp³-hybridized carbons (Fsp3) is 0.556. The number of carbonyl (C=O) groups excluding carboxylic acids is 2. The molecule has 0 spiro atoms. The Hall–Kier alpha value is -2.08. The maximum Gasteiger partial charge on any atom is 0.344 e. The molecule has 1 heterocycles. The highest BCUT2D eigenvalue weighted by Gasteiger charge is 2.17. The second-order valence-corrected chi connectivity index (χ2v) is 6.12. The summed E-state index contributed by atoms with van der Waals surface area (Å²) in [5.41, 5.74) is 3.08. The molecule has 0 unspecified atom stereocenters. The molecular weight excluding hydrogens is 310 g/mol. The first-order valence-electron chi connectivity index (χ1n) is 8.20. The van der Waals surface area contributed by atoms with Gasteiger partial charge >= 0.3 is 5.97 Å². The molecule has 0 bridgehead atoms. The molecule has 1 amide bonds. The number of nitrogens with one attached hydrogen (secondary N) is 1. The minimum Gasteiger partial charge on any atom is -0.481 e. The van der Waals surface area contributed by atoms with Crippen LogP contribution < -0.4 is 10.1 Å². The van der Waals surface area contributed by atoms with E-state index in [1.54, 1.807) is 0 Å². The summed E-state index contributed by atoms with van der Waals surface area (Å²) in [4.78, 5) is 23.4. The average molecular weight is 335 g/mol. The van der Waals surface area contributed by atoms with Crippen molar-refractivity contribution >= 4 is 11.9 Å². The minimum atomic E-state index is -0.568. The summed E-state index contributed by atoms with van der Waals surface area (Å²) in [6, 6.07) is 3.98. The van der Waals surface area contributed by atoms with E-state index < -0.39 is 5.97 Å². The molecule has 24 heavy (non-hydrogen) atoms. The normalized spacial score (nSPS) is 16.7. The van der Waals surface area contributed by atoms with E-state index in [4.69, 9.17) is 14.2 Å². The van der Waals surface area contributed by atoms with Crippen LogP contribution >= 0.6 is 0 Å². The summed E-state index contributed by atoms with van der Waals surface area (Å²) in [6.45, 7) is 6.54. The van der Waals surface area contributed by atoms with Crippen molar-refractivity contribution in [1.29, 1.82) is 0 Å². The average Bonchev–Trinajstić information content (AvgIpc) is 3.03. The van der Waals surface area contributed by atoms with Gasteiger partial charge in [0.15, 0.2) is 13.2 Å². The van der Waals surface area contributed by atoms with E-state index in [0.717, 1.165) is 36.1 Å². The number of aryl methyl sites for hydroxylation is 3. The van der Waals surface area contributed by atoms with Crippen LogP contribution in [0.3, 0.4) is 0 Å². The summed E-state index contributed by atoms with van der Waals surface area (Å²) in [6.07, 6.45) is 2.04. The molecule has 1 aliphatic heterocycles. The van der Waals surface area contributed by atoms with Crippen LogP contribution in [-0.4, -0.2) is 44.3 Å². The number of carbonyl (C=O) groups is 2. The molecule has 1 atom stereocenters. The number of esters is 1. The Kier molecular flexibility index (Phi) is 6.61. The van der Waals surface area contributed by atoms with Gasteiger partial charge in [-0.1, -0.05) is 17.7 Å². The Balaban J connectivity index is 1.68. The van der Waals surface area contributed by atoms with Crippen LogP contribution in [0.4, 0.5) is 0 Å². The Morgan fingerprint density at radius 1 is 1.21 bits per heavy atom. The van der Waals surface area contributed by atoms with Gasteiger partial charge in [-0.3, -0.25) is 4.79 Å². The molecule has 0 radical (unpaired) electrons. The molecule has 1 saturated heterocycles. The zero-order valence-corrected chi connectivity index (χ0v) is 14.5. The summed E-state index contributed by atoms with van der Waals surface area (Å²) in [7, 11) is 0. The third-order valence-corrected chi connectivity index (χ3v) is 3.85. The number of amides is 1. The molecule has 1 fully saturated rings. The van der Waals surface area contributed by atoms with Crippen molar-refractivity contribution in [3.8, 4) is 5.75 Å². The maximum absolute atomic E-state index is 11.7. The lowest BCUT2D eigenvalue weighted by Crippen LogP contribution is -2.35. The fourth-order valence-corrected chi connectivity index (χ4v) is 2.80. The van der Waals surface area contributed by atoms with E-state index in [-0.39, 0.29) is 25.2 Å². The Morgan fingerprint density at radius 2 is 1.92 bits per heavy atom. The van der Waals surface area contributed by atoms with E-state index in [9.17, 15) is 9.59 Å². The molecular formula is C18H25NO5. The summed E-state index contributed by atoms with van der Waals surface area (Å²) in [5, 5.41) is 2.70. The van der Waals surface area contributed by atoms with Gasteiger partial charge in [0.1, 0.15) is 5.75 Å². The van der Waals surface area contributed by atoms with Crippen LogP contribution in [0.15, 0.2) is 12.1 Å². The van der Waals surface area contributed by atoms with Crippen molar-refractivity contribution in [3.05, 3.63) is 28.8 Å². The number of hydrogen-bond donors (Lipinski definition) is 1. The van der Waals surface area contributed by atoms with Gasteiger partial charge in [0.2, 0.25) is 0 Å². The summed E-state index contributed by atoms with van der Waals surface area (Å²) in [5.74, 6) is -0.219. The van der Waals surface area contributed by atoms with Gasteiger partial charge in [0.25, 0.3) is 5.91 Å². The van der Waals surface area contributed by atoms with Gasteiger partial charge in [-0.15, -0.1) is 0 Å². The quantitative estimate of drug-likeness (QED) is 0.770. The second-order valence-electron chi connectivity index (χ2n) is 6.12. The van der Waals surface area contributed by atoms with Gasteiger partial charge in [0, 0.05) is 13.2 Å². The molecule has 132 valence electrons. The zero-order valence-electron chi connectivity index (χ0n) is 14.5. The Morgan fingerprint density at radius 3 is 2.54 bits per heavy atom. The van der Waals surface area contributed by atoms with Gasteiger partial charge in [-0.05, 0) is 44.7 Å². The van der Waals surface area contributed by atoms with E-state index in [1.807, 2.05) is 32.9 Å². The monoisotopic (exact) mass is 335 g/mol. The first-order valence-corrected chi connectivity index (χ1v) is 8.20. The van der Waals surface area contributed by atoms with Crippen molar-refractivity contribution < 1.29 is 23.8 Å². The number of benzene rings is 1. The van der Waals surface area contributed by atoms with Crippen molar-refractivity contribution in [1.82, 2.24) is 5.32 Å². The van der Waals surface area contributed by atoms with Gasteiger partial charge < -0.3 is 19.5 Å². The molecule has 0 aliphatic carbocycles. The minimum absolute atomic E-state index is 0.0699. The van der Waals surface area contributed by atoms with Crippen LogP contribution in [-0.2, 0) is 19.1 Å². The lowest BCUT2D eigenvalue weighted by molar-refractivity contribution is -0.150. The SMILES string of the molecule is Cc1cc(C)c(OCC(=O)OCC(=O)NC[C@H]2CCCO2)c(C)c1. The van der Waals surface area contributed by atoms with Crippen LogP contribution in [0.5, 0.6) is 5.75 Å². The van der Waals surface area contributed by atoms with Crippen LogP contribution in [0.25, 0.3) is 0 Å². The molecule has 1 aromatic rings. The third-order valence-electron chi connectivity index (χ3n) is 3.85. The van der Waals surface area contributed by atoms with Crippen LogP contribution in [0.2, 0.25) is 0 Å². The van der Waals surface area contributed by atoms with Gasteiger partial charge in [-0.2, -0.15) is 0 Å². The van der Waals surface area contributed by atoms with Crippen molar-refractivity contribution in [3.63, 3.8) is 0 Å². The van der Waals surface area contributed by atoms with Gasteiger partial charge in [-0.25, -0.2) is 4.79 Å². The molecule has 1 N–H and O–H groups in total. The number of ether oxygens (including phenoxy) is 3. The zero-order chi connectivity index (χ0) is 17.5. The predicted octanol–water partition coefficient (Wildman–Crippen LogP) is 1.83. The molecule has 1 aromatic carbocycles. The topological polar surface area (TPSA) is 73.9 Å². The summed E-state index contributed by atoms with van der Waals surface area (Å²) < 4.78 is 15.9. The standard InChI is InChI=1S/C18H25NO5/c1-12-7-13(2)18(14(3)8-12)24-11-17(21)23-10-16(20)19-9-15-5-4-6-22-15/h7-8,15H,4-6,9-11H2,1-3H3,(H,19,20)/t15-/m1/s1. The number of rotatable bonds is 7. The molecule has 1 aliphatic rings. The smallest absolute Gasteiger partial charge is 0.344 e. The van der Waals surface area contributed by atoms with Crippen molar-refractivity contribution in [2.24, 2.45) is 0 Å². The predicted molar refractivity (Wildman–Crippen MR) is 89.1 cm³/mol. The van der Waals surface area contributed by atoms with Crippen molar-refractivity contribution in [2.75, 3.05) is 26.4 Å². The first-order chi connectivity index (χ1) is 11.5. The molecule has 6 nitrogen and oxygen atoms in total. The van der Waals surface area contributed by atoms with Gasteiger partial charge in [0.05, 0.1) is 6.10 Å². The lowest BCUT2D eigenvalue weighted by atomic mass is 10.1. The number of hydrogen-bond acceptors (Lipinski definition) is 5. The highest BCUT2D eigenvalue weighted by atomic mass is 16.6. The van der Waals surface area contributed by atoms with Crippen molar-refractivity contribution in [2.45, 2.75) is 39.7 Å².